The van der Waals surface area contributed by atoms with Crippen molar-refractivity contribution in [3.8, 4) is 5.75 Å². The highest BCUT2D eigenvalue weighted by atomic mass is 79.9. The zero-order valence-corrected chi connectivity index (χ0v) is 16.9. The SMILES string of the molecule is CC(C)(C)[Si](C)(C)Oc1ccc(C2(Br)C(=O)NC(=O)NC2=O)cc1. The van der Waals surface area contributed by atoms with Crippen LogP contribution in [0.3, 0.4) is 0 Å². The van der Waals surface area contributed by atoms with Crippen LogP contribution in [0.15, 0.2) is 24.3 Å². The predicted octanol–water partition coefficient (Wildman–Crippen LogP) is 3.03. The lowest BCUT2D eigenvalue weighted by molar-refractivity contribution is -0.133. The Morgan fingerprint density at radius 3 is 1.88 bits per heavy atom. The number of alkyl halides is 1. The Morgan fingerprint density at radius 2 is 1.46 bits per heavy atom. The molecule has 0 aromatic heterocycles. The molecule has 0 spiro atoms. The minimum Gasteiger partial charge on any atom is -0.544 e. The van der Waals surface area contributed by atoms with E-state index in [9.17, 15) is 14.4 Å². The zero-order chi connectivity index (χ0) is 18.3. The summed E-state index contributed by atoms with van der Waals surface area (Å²) < 4.78 is 4.55. The number of nitrogens with one attached hydrogen (secondary N) is 2. The van der Waals surface area contributed by atoms with Crippen LogP contribution in [-0.4, -0.2) is 26.2 Å². The van der Waals surface area contributed by atoms with Gasteiger partial charge in [0.05, 0.1) is 0 Å². The summed E-state index contributed by atoms with van der Waals surface area (Å²) in [5.41, 5.74) is 0.424. The van der Waals surface area contributed by atoms with Gasteiger partial charge in [0.2, 0.25) is 12.6 Å². The fourth-order valence-electron chi connectivity index (χ4n) is 1.98. The fourth-order valence-corrected chi connectivity index (χ4v) is 3.47. The van der Waals surface area contributed by atoms with Crippen LogP contribution in [-0.2, 0) is 13.9 Å². The maximum atomic E-state index is 12.1. The van der Waals surface area contributed by atoms with Crippen molar-refractivity contribution in [1.29, 1.82) is 0 Å². The molecule has 0 aliphatic carbocycles. The topological polar surface area (TPSA) is 84.5 Å². The van der Waals surface area contributed by atoms with E-state index in [0.29, 0.717) is 11.3 Å². The van der Waals surface area contributed by atoms with Crippen LogP contribution in [0.5, 0.6) is 5.75 Å². The number of benzene rings is 1. The second kappa shape index (κ2) is 6.00. The molecule has 0 saturated carbocycles. The van der Waals surface area contributed by atoms with Crippen molar-refractivity contribution in [2.75, 3.05) is 0 Å². The first-order valence-corrected chi connectivity index (χ1v) is 11.2. The van der Waals surface area contributed by atoms with Gasteiger partial charge in [-0.25, -0.2) is 4.79 Å². The number of barbiturate groups is 1. The molecule has 1 aromatic rings. The third kappa shape index (κ3) is 3.25. The lowest BCUT2D eigenvalue weighted by Gasteiger charge is -2.36. The average molecular weight is 413 g/mol. The van der Waals surface area contributed by atoms with Crippen molar-refractivity contribution in [3.63, 3.8) is 0 Å². The molecule has 1 saturated heterocycles. The van der Waals surface area contributed by atoms with Crippen molar-refractivity contribution in [3.05, 3.63) is 29.8 Å². The summed E-state index contributed by atoms with van der Waals surface area (Å²) in [6.07, 6.45) is 0. The largest absolute Gasteiger partial charge is 0.544 e. The Labute approximate surface area is 150 Å². The van der Waals surface area contributed by atoms with Crippen LogP contribution < -0.4 is 15.1 Å². The van der Waals surface area contributed by atoms with E-state index < -0.39 is 30.5 Å². The molecular formula is C16H21BrN2O4Si. The van der Waals surface area contributed by atoms with E-state index in [1.807, 2.05) is 0 Å². The van der Waals surface area contributed by atoms with Crippen LogP contribution in [0.2, 0.25) is 18.1 Å². The van der Waals surface area contributed by atoms with Gasteiger partial charge in [-0.05, 0) is 35.8 Å². The quantitative estimate of drug-likeness (QED) is 0.453. The standard InChI is InChI=1S/C16H21BrN2O4Si/c1-15(2,3)24(4,5)23-11-8-6-10(7-9-11)16(17)12(20)18-14(22)19-13(16)21/h6-9H,1-5H3,(H2,18,19,20,21,22). The number of rotatable bonds is 3. The third-order valence-corrected chi connectivity index (χ3v) is 10.0. The van der Waals surface area contributed by atoms with Crippen LogP contribution in [0.1, 0.15) is 26.3 Å². The zero-order valence-electron chi connectivity index (χ0n) is 14.3. The Bertz CT molecular complexity index is 675. The van der Waals surface area contributed by atoms with E-state index in [4.69, 9.17) is 4.43 Å². The second-order valence-corrected chi connectivity index (χ2v) is 13.2. The van der Waals surface area contributed by atoms with Gasteiger partial charge in [0, 0.05) is 0 Å². The number of amides is 4. The molecule has 24 heavy (non-hydrogen) atoms. The third-order valence-electron chi connectivity index (χ3n) is 4.51. The molecule has 2 N–H and O–H groups in total. The Kier molecular flexibility index (Phi) is 4.66. The summed E-state index contributed by atoms with van der Waals surface area (Å²) in [6.45, 7) is 10.7. The molecule has 1 aliphatic rings. The van der Waals surface area contributed by atoms with Gasteiger partial charge in [0.25, 0.3) is 11.8 Å². The smallest absolute Gasteiger partial charge is 0.328 e. The van der Waals surface area contributed by atoms with Crippen LogP contribution >= 0.6 is 15.9 Å². The van der Waals surface area contributed by atoms with E-state index in [1.165, 1.54) is 0 Å². The number of carbonyl (C=O) groups is 3. The van der Waals surface area contributed by atoms with Crippen molar-refractivity contribution >= 4 is 42.1 Å². The molecule has 8 heteroatoms. The molecule has 4 amide bonds. The number of hydrogen-bond donors (Lipinski definition) is 2. The molecule has 1 aliphatic heterocycles. The van der Waals surface area contributed by atoms with Crippen molar-refractivity contribution in [2.45, 2.75) is 43.2 Å². The highest BCUT2D eigenvalue weighted by molar-refractivity contribution is 9.10. The van der Waals surface area contributed by atoms with E-state index in [-0.39, 0.29) is 5.04 Å². The van der Waals surface area contributed by atoms with Crippen molar-refractivity contribution in [1.82, 2.24) is 10.6 Å². The Hall–Kier alpha value is -1.67. The first kappa shape index (κ1) is 18.7. The van der Waals surface area contributed by atoms with Crippen LogP contribution in [0.4, 0.5) is 4.79 Å². The monoisotopic (exact) mass is 412 g/mol. The molecule has 6 nitrogen and oxygen atoms in total. The van der Waals surface area contributed by atoms with Gasteiger partial charge in [-0.1, -0.05) is 48.8 Å². The van der Waals surface area contributed by atoms with E-state index in [1.54, 1.807) is 24.3 Å². The molecule has 0 radical (unpaired) electrons. The van der Waals surface area contributed by atoms with E-state index in [0.717, 1.165) is 0 Å². The number of hydrogen-bond acceptors (Lipinski definition) is 4. The molecule has 0 atom stereocenters. The molecule has 130 valence electrons. The first-order valence-electron chi connectivity index (χ1n) is 7.53. The summed E-state index contributed by atoms with van der Waals surface area (Å²) in [6, 6.07) is 5.93. The maximum absolute atomic E-state index is 12.1. The lowest BCUT2D eigenvalue weighted by atomic mass is 9.95. The minimum absolute atomic E-state index is 0.0613. The summed E-state index contributed by atoms with van der Waals surface area (Å²) in [5, 5.41) is 4.24. The summed E-state index contributed by atoms with van der Waals surface area (Å²) in [5.74, 6) is -0.738. The summed E-state index contributed by atoms with van der Waals surface area (Å²) in [7, 11) is -1.97. The van der Waals surface area contributed by atoms with Gasteiger partial charge < -0.3 is 4.43 Å². The molecule has 0 unspecified atom stereocenters. The molecule has 0 bridgehead atoms. The number of imide groups is 2. The Balaban J connectivity index is 2.28. The van der Waals surface area contributed by atoms with E-state index in [2.05, 4.69) is 60.4 Å². The second-order valence-electron chi connectivity index (χ2n) is 7.28. The maximum Gasteiger partial charge on any atom is 0.328 e. The number of halogens is 1. The highest BCUT2D eigenvalue weighted by Gasteiger charge is 2.50. The molecular weight excluding hydrogens is 392 g/mol. The highest BCUT2D eigenvalue weighted by Crippen LogP contribution is 2.39. The normalized spacial score (nSPS) is 18.0. The first-order chi connectivity index (χ1) is 10.9. The molecule has 1 fully saturated rings. The van der Waals surface area contributed by atoms with Crippen LogP contribution in [0, 0.1) is 0 Å². The van der Waals surface area contributed by atoms with Gasteiger partial charge in [-0.15, -0.1) is 0 Å². The fraction of sp³-hybridized carbons (Fsp3) is 0.438. The molecule has 2 rings (SSSR count). The predicted molar refractivity (Wildman–Crippen MR) is 96.6 cm³/mol. The average Bonchev–Trinajstić information content (AvgIpc) is 2.43. The van der Waals surface area contributed by atoms with E-state index >= 15 is 0 Å². The van der Waals surface area contributed by atoms with Gasteiger partial charge >= 0.3 is 6.03 Å². The lowest BCUT2D eigenvalue weighted by Crippen LogP contribution is -2.62. The van der Waals surface area contributed by atoms with Crippen molar-refractivity contribution < 1.29 is 18.8 Å². The van der Waals surface area contributed by atoms with Gasteiger partial charge in [-0.2, -0.15) is 0 Å². The summed E-state index contributed by atoms with van der Waals surface area (Å²) in [4.78, 5) is 35.4. The Morgan fingerprint density at radius 1 is 1.00 bits per heavy atom. The van der Waals surface area contributed by atoms with Crippen molar-refractivity contribution in [2.24, 2.45) is 0 Å². The number of carbonyl (C=O) groups excluding carboxylic acids is 3. The summed E-state index contributed by atoms with van der Waals surface area (Å²) >= 11 is 3.17. The van der Waals surface area contributed by atoms with Crippen LogP contribution in [0.25, 0.3) is 0 Å². The van der Waals surface area contributed by atoms with Gasteiger partial charge in [-0.3, -0.25) is 20.2 Å². The molecule has 1 heterocycles. The molecule has 1 aromatic carbocycles. The number of urea groups is 1. The van der Waals surface area contributed by atoms with Gasteiger partial charge in [0.15, 0.2) is 0 Å². The minimum atomic E-state index is -1.97. The van der Waals surface area contributed by atoms with Gasteiger partial charge in [0.1, 0.15) is 5.75 Å².